The highest BCUT2D eigenvalue weighted by atomic mass is 32.1. The van der Waals surface area contributed by atoms with Crippen LogP contribution in [0.3, 0.4) is 0 Å². The number of carbonyl (C=O) groups excluding carboxylic acids is 1. The van der Waals surface area contributed by atoms with E-state index < -0.39 is 11.7 Å². The van der Waals surface area contributed by atoms with Crippen LogP contribution < -0.4 is 15.4 Å². The van der Waals surface area contributed by atoms with E-state index in [1.807, 2.05) is 24.3 Å². The van der Waals surface area contributed by atoms with Crippen molar-refractivity contribution in [2.75, 3.05) is 11.9 Å². The molecule has 2 rings (SSSR count). The minimum atomic E-state index is -0.397. The van der Waals surface area contributed by atoms with Gasteiger partial charge in [-0.05, 0) is 55.0 Å². The molecule has 0 bridgehead atoms. The first-order valence-electron chi connectivity index (χ1n) is 8.69. The van der Waals surface area contributed by atoms with Crippen molar-refractivity contribution in [1.82, 2.24) is 5.32 Å². The fourth-order valence-corrected chi connectivity index (χ4v) is 2.53. The summed E-state index contributed by atoms with van der Waals surface area (Å²) in [6.45, 7) is 2.85. The lowest BCUT2D eigenvalue weighted by molar-refractivity contribution is 0.0977. The predicted octanol–water partition coefficient (Wildman–Crippen LogP) is 4.91. The van der Waals surface area contributed by atoms with Crippen molar-refractivity contribution >= 4 is 28.9 Å². The Hall–Kier alpha value is -2.47. The molecule has 0 saturated heterocycles. The molecule has 0 unspecified atom stereocenters. The molecule has 0 aliphatic carbocycles. The van der Waals surface area contributed by atoms with Crippen LogP contribution in [0.25, 0.3) is 0 Å². The second-order valence-corrected chi connectivity index (χ2v) is 6.26. The number of ether oxygens (including phenoxy) is 1. The number of rotatable bonds is 8. The molecular weight excluding hydrogens is 351 g/mol. The van der Waals surface area contributed by atoms with Crippen molar-refractivity contribution in [3.8, 4) is 5.75 Å². The maximum Gasteiger partial charge on any atom is 0.257 e. The zero-order valence-electron chi connectivity index (χ0n) is 14.8. The van der Waals surface area contributed by atoms with Gasteiger partial charge in [-0.2, -0.15) is 0 Å². The SMILES string of the molecule is CCCCCCOc1cccc(NC(=S)NC(=O)c2ccc(F)cc2)c1. The third-order valence-corrected chi connectivity index (χ3v) is 3.90. The highest BCUT2D eigenvalue weighted by Crippen LogP contribution is 2.18. The molecule has 6 heteroatoms. The molecule has 2 N–H and O–H groups in total. The Kier molecular flexibility index (Phi) is 8.02. The molecule has 0 aliphatic rings. The summed E-state index contributed by atoms with van der Waals surface area (Å²) in [6.07, 6.45) is 4.60. The standard InChI is InChI=1S/C20H23FN2O2S/c1-2-3-4-5-13-25-18-8-6-7-17(14-18)22-20(26)23-19(24)15-9-11-16(21)12-10-15/h6-12,14H,2-5,13H2,1H3,(H2,22,23,24,26). The first-order valence-corrected chi connectivity index (χ1v) is 9.10. The molecule has 2 aromatic carbocycles. The minimum Gasteiger partial charge on any atom is -0.494 e. The van der Waals surface area contributed by atoms with Crippen LogP contribution in [0.5, 0.6) is 5.75 Å². The van der Waals surface area contributed by atoms with Gasteiger partial charge in [0.15, 0.2) is 5.11 Å². The normalized spacial score (nSPS) is 10.2. The van der Waals surface area contributed by atoms with E-state index in [0.717, 1.165) is 24.3 Å². The van der Waals surface area contributed by atoms with Crippen molar-refractivity contribution in [3.05, 3.63) is 59.9 Å². The predicted molar refractivity (Wildman–Crippen MR) is 106 cm³/mol. The molecule has 0 atom stereocenters. The molecular formula is C20H23FN2O2S. The first-order chi connectivity index (χ1) is 12.6. The van der Waals surface area contributed by atoms with Crippen LogP contribution in [0, 0.1) is 5.82 Å². The van der Waals surface area contributed by atoms with E-state index in [4.69, 9.17) is 17.0 Å². The molecule has 0 spiro atoms. The first kappa shape index (κ1) is 19.8. The van der Waals surface area contributed by atoms with Gasteiger partial charge >= 0.3 is 0 Å². The molecule has 1 amide bonds. The van der Waals surface area contributed by atoms with Crippen molar-refractivity contribution in [2.24, 2.45) is 0 Å². The Bertz CT molecular complexity index is 735. The average molecular weight is 374 g/mol. The molecule has 138 valence electrons. The largest absolute Gasteiger partial charge is 0.494 e. The number of hydrogen-bond donors (Lipinski definition) is 2. The number of thiocarbonyl (C=S) groups is 1. The van der Waals surface area contributed by atoms with Crippen LogP contribution >= 0.6 is 12.2 Å². The third kappa shape index (κ3) is 6.80. The van der Waals surface area contributed by atoms with Crippen molar-refractivity contribution in [2.45, 2.75) is 32.6 Å². The fourth-order valence-electron chi connectivity index (χ4n) is 2.32. The van der Waals surface area contributed by atoms with Crippen LogP contribution in [0.2, 0.25) is 0 Å². The summed E-state index contributed by atoms with van der Waals surface area (Å²) < 4.78 is 18.6. The highest BCUT2D eigenvalue weighted by Gasteiger charge is 2.08. The summed E-state index contributed by atoms with van der Waals surface area (Å²) in [4.78, 5) is 12.1. The minimum absolute atomic E-state index is 0.166. The molecule has 0 saturated carbocycles. The van der Waals surface area contributed by atoms with E-state index in [2.05, 4.69) is 17.6 Å². The Labute approximate surface area is 158 Å². The maximum atomic E-state index is 12.9. The van der Waals surface area contributed by atoms with Crippen molar-refractivity contribution < 1.29 is 13.9 Å². The summed E-state index contributed by atoms with van der Waals surface area (Å²) in [5.41, 5.74) is 1.06. The van der Waals surface area contributed by atoms with Gasteiger partial charge in [-0.15, -0.1) is 0 Å². The zero-order valence-corrected chi connectivity index (χ0v) is 15.6. The van der Waals surface area contributed by atoms with Gasteiger partial charge in [-0.1, -0.05) is 32.3 Å². The Morgan fingerprint density at radius 1 is 1.12 bits per heavy atom. The number of halogens is 1. The monoisotopic (exact) mass is 374 g/mol. The Morgan fingerprint density at radius 3 is 2.62 bits per heavy atom. The van der Waals surface area contributed by atoms with E-state index in [1.165, 1.54) is 37.1 Å². The van der Waals surface area contributed by atoms with Gasteiger partial charge in [-0.25, -0.2) is 4.39 Å². The van der Waals surface area contributed by atoms with Crippen molar-refractivity contribution in [3.63, 3.8) is 0 Å². The second-order valence-electron chi connectivity index (χ2n) is 5.85. The lowest BCUT2D eigenvalue weighted by atomic mass is 10.2. The molecule has 2 aromatic rings. The average Bonchev–Trinajstić information content (AvgIpc) is 2.62. The highest BCUT2D eigenvalue weighted by molar-refractivity contribution is 7.80. The quantitative estimate of drug-likeness (QED) is 0.509. The van der Waals surface area contributed by atoms with Crippen molar-refractivity contribution in [1.29, 1.82) is 0 Å². The number of unbranched alkanes of at least 4 members (excludes halogenated alkanes) is 3. The second kappa shape index (κ2) is 10.5. The molecule has 4 nitrogen and oxygen atoms in total. The molecule has 0 radical (unpaired) electrons. The van der Waals surface area contributed by atoms with Gasteiger partial charge < -0.3 is 10.1 Å². The van der Waals surface area contributed by atoms with Crippen LogP contribution in [0.15, 0.2) is 48.5 Å². The van der Waals surface area contributed by atoms with E-state index in [9.17, 15) is 9.18 Å². The van der Waals surface area contributed by atoms with Gasteiger partial charge in [0, 0.05) is 17.3 Å². The summed E-state index contributed by atoms with van der Waals surface area (Å²) in [5.74, 6) is -0.0428. The lowest BCUT2D eigenvalue weighted by Crippen LogP contribution is -2.34. The van der Waals surface area contributed by atoms with Gasteiger partial charge in [0.2, 0.25) is 0 Å². The van der Waals surface area contributed by atoms with E-state index >= 15 is 0 Å². The molecule has 0 fully saturated rings. The summed E-state index contributed by atoms with van der Waals surface area (Å²) in [5, 5.41) is 5.68. The van der Waals surface area contributed by atoms with Crippen LogP contribution in [0.4, 0.5) is 10.1 Å². The van der Waals surface area contributed by atoms with Gasteiger partial charge in [0.25, 0.3) is 5.91 Å². The number of nitrogens with one attached hydrogen (secondary N) is 2. The zero-order chi connectivity index (χ0) is 18.8. The summed E-state index contributed by atoms with van der Waals surface area (Å²) >= 11 is 5.16. The summed E-state index contributed by atoms with van der Waals surface area (Å²) in [7, 11) is 0. The number of carbonyl (C=O) groups is 1. The van der Waals surface area contributed by atoms with E-state index in [-0.39, 0.29) is 5.11 Å². The molecule has 0 heterocycles. The number of hydrogen-bond acceptors (Lipinski definition) is 3. The van der Waals surface area contributed by atoms with Crippen LogP contribution in [-0.4, -0.2) is 17.6 Å². The maximum absolute atomic E-state index is 12.9. The Balaban J connectivity index is 1.83. The topological polar surface area (TPSA) is 50.4 Å². The molecule has 0 aliphatic heterocycles. The van der Waals surface area contributed by atoms with Crippen LogP contribution in [-0.2, 0) is 0 Å². The third-order valence-electron chi connectivity index (χ3n) is 3.69. The number of amides is 1. The van der Waals surface area contributed by atoms with E-state index in [0.29, 0.717) is 12.2 Å². The number of anilines is 1. The lowest BCUT2D eigenvalue weighted by Gasteiger charge is -2.11. The van der Waals surface area contributed by atoms with E-state index in [1.54, 1.807) is 0 Å². The fraction of sp³-hybridized carbons (Fsp3) is 0.300. The molecule has 26 heavy (non-hydrogen) atoms. The number of benzene rings is 2. The smallest absolute Gasteiger partial charge is 0.257 e. The molecule has 0 aromatic heterocycles. The Morgan fingerprint density at radius 2 is 1.88 bits per heavy atom. The summed E-state index contributed by atoms with van der Waals surface area (Å²) in [6, 6.07) is 12.7. The van der Waals surface area contributed by atoms with Gasteiger partial charge in [0.1, 0.15) is 11.6 Å². The van der Waals surface area contributed by atoms with Crippen LogP contribution in [0.1, 0.15) is 43.0 Å². The van der Waals surface area contributed by atoms with Gasteiger partial charge in [0.05, 0.1) is 6.61 Å². The van der Waals surface area contributed by atoms with Gasteiger partial charge in [-0.3, -0.25) is 10.1 Å².